The second kappa shape index (κ2) is 11.5. The molecule has 4 aromatic heterocycles. The van der Waals surface area contributed by atoms with Gasteiger partial charge in [-0.3, -0.25) is 0 Å². The fourth-order valence-electron chi connectivity index (χ4n) is 4.98. The molecule has 7 rings (SSSR count). The monoisotopic (exact) mass is 717 g/mol. The van der Waals surface area contributed by atoms with Crippen molar-refractivity contribution in [3.8, 4) is 22.5 Å². The Kier molecular flexibility index (Phi) is 8.00. The summed E-state index contributed by atoms with van der Waals surface area (Å²) in [6, 6.07) is 32.9. The van der Waals surface area contributed by atoms with E-state index in [9.17, 15) is 0 Å². The Hall–Kier alpha value is -3.63. The number of aromatic nitrogens is 2. The molecule has 3 aromatic carbocycles. The van der Waals surface area contributed by atoms with Crippen molar-refractivity contribution in [2.24, 2.45) is 0 Å². The molecular formula is C35H28IrN2OS-2. The van der Waals surface area contributed by atoms with Gasteiger partial charge in [0.15, 0.2) is 0 Å². The molecule has 0 saturated heterocycles. The number of pyridine rings is 2. The maximum Gasteiger partial charge on any atom is 0.129 e. The van der Waals surface area contributed by atoms with E-state index in [1.165, 1.54) is 21.2 Å². The number of furan rings is 1. The zero-order valence-corrected chi connectivity index (χ0v) is 26.0. The third-order valence-corrected chi connectivity index (χ3v) is 7.73. The first-order valence-corrected chi connectivity index (χ1v) is 13.9. The molecule has 1 radical (unpaired) electrons. The second-order valence-electron chi connectivity index (χ2n) is 10.6. The Morgan fingerprint density at radius 3 is 2.35 bits per heavy atom. The van der Waals surface area contributed by atoms with Gasteiger partial charge in [-0.25, -0.2) is 0 Å². The van der Waals surface area contributed by atoms with E-state index in [1.54, 1.807) is 17.5 Å². The van der Waals surface area contributed by atoms with Gasteiger partial charge in [0.05, 0.1) is 5.58 Å². The van der Waals surface area contributed by atoms with Crippen molar-refractivity contribution in [1.82, 2.24) is 9.97 Å². The van der Waals surface area contributed by atoms with Crippen molar-refractivity contribution < 1.29 is 24.5 Å². The fraction of sp³-hybridized carbons (Fsp3) is 0.143. The molecule has 0 spiro atoms. The number of nitrogens with zero attached hydrogens (tertiary/aromatic N) is 2. The summed E-state index contributed by atoms with van der Waals surface area (Å²) >= 11 is 1.74. The number of fused-ring (bicyclic) bond motifs is 5. The number of benzene rings is 3. The van der Waals surface area contributed by atoms with Crippen LogP contribution >= 0.6 is 11.3 Å². The molecule has 0 aliphatic heterocycles. The molecule has 0 unspecified atom stereocenters. The van der Waals surface area contributed by atoms with Gasteiger partial charge in [-0.2, -0.15) is 0 Å². The summed E-state index contributed by atoms with van der Waals surface area (Å²) in [5.41, 5.74) is 8.24. The van der Waals surface area contributed by atoms with Crippen molar-refractivity contribution in [1.29, 1.82) is 0 Å². The summed E-state index contributed by atoms with van der Waals surface area (Å²) in [7, 11) is 0. The number of hydrogen-bond acceptors (Lipinski definition) is 4. The number of aryl methyl sites for hydroxylation is 1. The van der Waals surface area contributed by atoms with Crippen LogP contribution in [0.4, 0.5) is 0 Å². The van der Waals surface area contributed by atoms with Crippen molar-refractivity contribution in [2.45, 2.75) is 33.1 Å². The Bertz CT molecular complexity index is 1860. The molecule has 0 N–H and O–H groups in total. The van der Waals surface area contributed by atoms with E-state index >= 15 is 0 Å². The molecule has 3 nitrogen and oxygen atoms in total. The molecular weight excluding hydrogens is 689 g/mol. The average Bonchev–Trinajstić information content (AvgIpc) is 3.59. The van der Waals surface area contributed by atoms with Crippen LogP contribution in [0.3, 0.4) is 0 Å². The van der Waals surface area contributed by atoms with Crippen molar-refractivity contribution >= 4 is 43.4 Å². The molecule has 40 heavy (non-hydrogen) atoms. The van der Waals surface area contributed by atoms with Gasteiger partial charge in [-0.1, -0.05) is 56.0 Å². The van der Waals surface area contributed by atoms with Crippen LogP contribution in [0.15, 0.2) is 101 Å². The van der Waals surface area contributed by atoms with Crippen LogP contribution in [0.1, 0.15) is 31.9 Å². The summed E-state index contributed by atoms with van der Waals surface area (Å²) in [5, 5.41) is 5.55. The molecule has 0 fully saturated rings. The molecule has 7 aromatic rings. The second-order valence-corrected chi connectivity index (χ2v) is 11.5. The molecule has 0 bridgehead atoms. The van der Waals surface area contributed by atoms with Gasteiger partial charge in [0.25, 0.3) is 0 Å². The van der Waals surface area contributed by atoms with Crippen LogP contribution < -0.4 is 0 Å². The van der Waals surface area contributed by atoms with E-state index in [0.29, 0.717) is 0 Å². The minimum Gasteiger partial charge on any atom is -0.500 e. The predicted octanol–water partition coefficient (Wildman–Crippen LogP) is 9.82. The van der Waals surface area contributed by atoms with E-state index in [-0.39, 0.29) is 25.5 Å². The van der Waals surface area contributed by atoms with Crippen LogP contribution in [0.5, 0.6) is 0 Å². The normalized spacial score (nSPS) is 11.3. The van der Waals surface area contributed by atoms with Crippen LogP contribution in [-0.4, -0.2) is 9.97 Å². The molecule has 0 amide bonds. The summed E-state index contributed by atoms with van der Waals surface area (Å²) in [4.78, 5) is 8.92. The van der Waals surface area contributed by atoms with Crippen LogP contribution in [0.25, 0.3) is 54.5 Å². The maximum absolute atomic E-state index is 6.40. The minimum absolute atomic E-state index is 0. The van der Waals surface area contributed by atoms with Gasteiger partial charge >= 0.3 is 0 Å². The number of rotatable bonds is 2. The standard InChI is InChI=1S/C24H20NOS.C11H8N.Ir/c1-14-13-25-20(12-19(14)24(2,3)4)17-7-5-6-15-16-8-9-21-18(10-11-27-21)23(16)26-22(15)17;1-2-6-10(7-3-1)11-8-4-5-9-12-11;/h5-6,8-13H,1-4H3;1-6,8-9H;/q2*-1;. The van der Waals surface area contributed by atoms with E-state index in [1.807, 2.05) is 54.7 Å². The maximum atomic E-state index is 6.40. The van der Waals surface area contributed by atoms with Crippen LogP contribution in [0.2, 0.25) is 0 Å². The smallest absolute Gasteiger partial charge is 0.129 e. The van der Waals surface area contributed by atoms with Crippen LogP contribution in [-0.2, 0) is 25.5 Å². The predicted molar refractivity (Wildman–Crippen MR) is 163 cm³/mol. The average molecular weight is 717 g/mol. The fourth-order valence-corrected chi connectivity index (χ4v) is 5.76. The molecule has 201 valence electrons. The van der Waals surface area contributed by atoms with E-state index < -0.39 is 0 Å². The van der Waals surface area contributed by atoms with E-state index in [0.717, 1.165) is 44.5 Å². The third-order valence-electron chi connectivity index (χ3n) is 6.85. The SMILES string of the molecule is Cc1cnc(-c2[c-]ccc3c2oc2c4ccsc4ccc32)cc1C(C)(C)C.[Ir].[c-]1ccccc1-c1ccccn1. The van der Waals surface area contributed by atoms with Gasteiger partial charge in [-0.15, -0.1) is 65.4 Å². The van der Waals surface area contributed by atoms with Crippen molar-refractivity contribution in [3.05, 3.63) is 120 Å². The Morgan fingerprint density at radius 1 is 0.775 bits per heavy atom. The Balaban J connectivity index is 0.000000209. The van der Waals surface area contributed by atoms with E-state index in [4.69, 9.17) is 9.40 Å². The first-order valence-electron chi connectivity index (χ1n) is 13.0. The molecule has 0 aliphatic rings. The quantitative estimate of drug-likeness (QED) is 0.167. The van der Waals surface area contributed by atoms with Gasteiger partial charge in [-0.05, 0) is 58.4 Å². The van der Waals surface area contributed by atoms with Gasteiger partial charge in [0, 0.05) is 48.0 Å². The van der Waals surface area contributed by atoms with Crippen molar-refractivity contribution in [2.75, 3.05) is 0 Å². The first kappa shape index (κ1) is 27.9. The van der Waals surface area contributed by atoms with Gasteiger partial charge in [0.2, 0.25) is 0 Å². The van der Waals surface area contributed by atoms with E-state index in [2.05, 4.69) is 80.5 Å². The minimum atomic E-state index is 0. The third kappa shape index (κ3) is 5.38. The summed E-state index contributed by atoms with van der Waals surface area (Å²) in [6.45, 7) is 8.82. The van der Waals surface area contributed by atoms with Crippen molar-refractivity contribution in [3.63, 3.8) is 0 Å². The zero-order valence-electron chi connectivity index (χ0n) is 22.8. The number of hydrogen-bond donors (Lipinski definition) is 0. The zero-order chi connectivity index (χ0) is 27.0. The first-order chi connectivity index (χ1) is 18.9. The molecule has 5 heteroatoms. The summed E-state index contributed by atoms with van der Waals surface area (Å²) < 4.78 is 7.65. The Labute approximate surface area is 252 Å². The molecule has 4 heterocycles. The van der Waals surface area contributed by atoms with Crippen LogP contribution in [0, 0.1) is 19.1 Å². The van der Waals surface area contributed by atoms with Gasteiger partial charge < -0.3 is 14.4 Å². The number of thiophene rings is 1. The van der Waals surface area contributed by atoms with Gasteiger partial charge in [0.1, 0.15) is 5.58 Å². The topological polar surface area (TPSA) is 38.9 Å². The summed E-state index contributed by atoms with van der Waals surface area (Å²) in [6.07, 6.45) is 3.75. The molecule has 0 aliphatic carbocycles. The molecule has 0 saturated carbocycles. The summed E-state index contributed by atoms with van der Waals surface area (Å²) in [5.74, 6) is 0. The molecule has 0 atom stereocenters. The Morgan fingerprint density at radius 2 is 1.60 bits per heavy atom. The largest absolute Gasteiger partial charge is 0.500 e.